The van der Waals surface area contributed by atoms with Crippen LogP contribution in [0.2, 0.25) is 0 Å². The van der Waals surface area contributed by atoms with Gasteiger partial charge in [-0.05, 0) is 44.4 Å². The zero-order valence-electron chi connectivity index (χ0n) is 13.4. The molecule has 0 bridgehead atoms. The van der Waals surface area contributed by atoms with Gasteiger partial charge in [-0.2, -0.15) is 0 Å². The van der Waals surface area contributed by atoms with E-state index in [2.05, 4.69) is 41.1 Å². The van der Waals surface area contributed by atoms with Crippen molar-refractivity contribution < 1.29 is 0 Å². The average Bonchev–Trinajstić information content (AvgIpc) is 3.31. The van der Waals surface area contributed by atoms with Crippen LogP contribution in [0.15, 0.2) is 12.1 Å². The SMILES string of the molecule is CCCN1CCN(c2ccc(CNC3CC3)c(C)n2)CC1. The summed E-state index contributed by atoms with van der Waals surface area (Å²) in [5, 5.41) is 3.57. The Morgan fingerprint density at radius 1 is 1.19 bits per heavy atom. The molecule has 0 unspecified atom stereocenters. The zero-order chi connectivity index (χ0) is 14.7. The first-order chi connectivity index (χ1) is 10.3. The number of rotatable bonds is 6. The minimum absolute atomic E-state index is 0.760. The Labute approximate surface area is 128 Å². The smallest absolute Gasteiger partial charge is 0.128 e. The number of hydrogen-bond donors (Lipinski definition) is 1. The molecule has 1 saturated carbocycles. The topological polar surface area (TPSA) is 31.4 Å². The van der Waals surface area contributed by atoms with Crippen molar-refractivity contribution in [2.24, 2.45) is 0 Å². The zero-order valence-corrected chi connectivity index (χ0v) is 13.4. The Morgan fingerprint density at radius 3 is 2.57 bits per heavy atom. The molecule has 2 aliphatic rings. The lowest BCUT2D eigenvalue weighted by molar-refractivity contribution is 0.258. The largest absolute Gasteiger partial charge is 0.354 e. The first kappa shape index (κ1) is 14.8. The van der Waals surface area contributed by atoms with Crippen LogP contribution in [0.3, 0.4) is 0 Å². The number of aryl methyl sites for hydroxylation is 1. The molecule has 116 valence electrons. The summed E-state index contributed by atoms with van der Waals surface area (Å²) in [6.07, 6.45) is 3.93. The second-order valence-electron chi connectivity index (χ2n) is 6.40. The van der Waals surface area contributed by atoms with E-state index in [4.69, 9.17) is 4.98 Å². The van der Waals surface area contributed by atoms with E-state index in [1.165, 1.54) is 50.2 Å². The Hall–Kier alpha value is -1.13. The standard InChI is InChI=1S/C17H28N4/c1-3-8-20-9-11-21(12-10-20)17-7-4-15(14(2)19-17)13-18-16-5-6-16/h4,7,16,18H,3,5-6,8-13H2,1-2H3. The van der Waals surface area contributed by atoms with E-state index >= 15 is 0 Å². The van der Waals surface area contributed by atoms with Crippen molar-refractivity contribution in [3.63, 3.8) is 0 Å². The van der Waals surface area contributed by atoms with Crippen LogP contribution in [-0.2, 0) is 6.54 Å². The molecule has 1 aromatic rings. The molecule has 1 aliphatic heterocycles. The third kappa shape index (κ3) is 3.95. The van der Waals surface area contributed by atoms with E-state index in [1.807, 2.05) is 0 Å². The molecular weight excluding hydrogens is 260 g/mol. The van der Waals surface area contributed by atoms with Gasteiger partial charge in [0.05, 0.1) is 0 Å². The van der Waals surface area contributed by atoms with Gasteiger partial charge in [0, 0.05) is 44.5 Å². The van der Waals surface area contributed by atoms with Gasteiger partial charge in [-0.3, -0.25) is 4.90 Å². The Kier molecular flexibility index (Phi) is 4.76. The number of anilines is 1. The lowest BCUT2D eigenvalue weighted by Crippen LogP contribution is -2.46. The van der Waals surface area contributed by atoms with Crippen LogP contribution in [-0.4, -0.2) is 48.6 Å². The summed E-state index contributed by atoms with van der Waals surface area (Å²) in [5.74, 6) is 1.15. The molecule has 2 fully saturated rings. The minimum Gasteiger partial charge on any atom is -0.354 e. The van der Waals surface area contributed by atoms with Crippen molar-refractivity contribution in [3.8, 4) is 0 Å². The molecular formula is C17H28N4. The van der Waals surface area contributed by atoms with E-state index < -0.39 is 0 Å². The van der Waals surface area contributed by atoms with Gasteiger partial charge in [-0.1, -0.05) is 13.0 Å². The monoisotopic (exact) mass is 288 g/mol. The van der Waals surface area contributed by atoms with Crippen LogP contribution in [0, 0.1) is 6.92 Å². The number of pyridine rings is 1. The van der Waals surface area contributed by atoms with Crippen molar-refractivity contribution in [1.29, 1.82) is 0 Å². The fourth-order valence-electron chi connectivity index (χ4n) is 3.00. The average molecular weight is 288 g/mol. The Morgan fingerprint density at radius 2 is 1.95 bits per heavy atom. The van der Waals surface area contributed by atoms with E-state index in [0.717, 1.165) is 31.5 Å². The van der Waals surface area contributed by atoms with Crippen LogP contribution in [0.1, 0.15) is 37.4 Å². The number of nitrogens with zero attached hydrogens (tertiary/aromatic N) is 3. The predicted octanol–water partition coefficient (Wildman–Crippen LogP) is 2.17. The van der Waals surface area contributed by atoms with Gasteiger partial charge in [0.1, 0.15) is 5.82 Å². The highest BCUT2D eigenvalue weighted by atomic mass is 15.3. The molecule has 1 N–H and O–H groups in total. The highest BCUT2D eigenvalue weighted by Gasteiger charge is 2.21. The Balaban J connectivity index is 1.57. The van der Waals surface area contributed by atoms with Crippen molar-refractivity contribution in [2.75, 3.05) is 37.6 Å². The summed E-state index contributed by atoms with van der Waals surface area (Å²) >= 11 is 0. The molecule has 21 heavy (non-hydrogen) atoms. The fraction of sp³-hybridized carbons (Fsp3) is 0.706. The van der Waals surface area contributed by atoms with Crippen LogP contribution in [0.4, 0.5) is 5.82 Å². The number of nitrogens with one attached hydrogen (secondary N) is 1. The van der Waals surface area contributed by atoms with Crippen molar-refractivity contribution in [1.82, 2.24) is 15.2 Å². The van der Waals surface area contributed by atoms with Crippen molar-refractivity contribution >= 4 is 5.82 Å². The van der Waals surface area contributed by atoms with E-state index in [9.17, 15) is 0 Å². The number of piperazine rings is 1. The van der Waals surface area contributed by atoms with Gasteiger partial charge in [-0.15, -0.1) is 0 Å². The molecule has 3 rings (SSSR count). The van der Waals surface area contributed by atoms with Crippen LogP contribution >= 0.6 is 0 Å². The molecule has 4 nitrogen and oxygen atoms in total. The number of hydrogen-bond acceptors (Lipinski definition) is 4. The summed E-state index contributed by atoms with van der Waals surface area (Å²) in [4.78, 5) is 9.81. The van der Waals surface area contributed by atoms with E-state index in [1.54, 1.807) is 0 Å². The van der Waals surface area contributed by atoms with E-state index in [-0.39, 0.29) is 0 Å². The Bertz CT molecular complexity index is 462. The third-order valence-electron chi connectivity index (χ3n) is 4.58. The molecule has 0 radical (unpaired) electrons. The van der Waals surface area contributed by atoms with Crippen molar-refractivity contribution in [3.05, 3.63) is 23.4 Å². The maximum atomic E-state index is 4.83. The molecule has 0 atom stereocenters. The summed E-state index contributed by atoms with van der Waals surface area (Å²) in [5.41, 5.74) is 2.52. The summed E-state index contributed by atoms with van der Waals surface area (Å²) in [6, 6.07) is 5.22. The molecule has 0 aromatic carbocycles. The minimum atomic E-state index is 0.760. The van der Waals surface area contributed by atoms with Crippen molar-refractivity contribution in [2.45, 2.75) is 45.7 Å². The lowest BCUT2D eigenvalue weighted by Gasteiger charge is -2.35. The lowest BCUT2D eigenvalue weighted by atomic mass is 10.2. The highest BCUT2D eigenvalue weighted by molar-refractivity contribution is 5.42. The van der Waals surface area contributed by atoms with Gasteiger partial charge in [0.25, 0.3) is 0 Å². The first-order valence-electron chi connectivity index (χ1n) is 8.43. The second kappa shape index (κ2) is 6.75. The molecule has 1 saturated heterocycles. The maximum absolute atomic E-state index is 4.83. The second-order valence-corrected chi connectivity index (χ2v) is 6.40. The van der Waals surface area contributed by atoms with Gasteiger partial charge in [-0.25, -0.2) is 4.98 Å². The summed E-state index contributed by atoms with van der Waals surface area (Å²) in [6.45, 7) is 11.1. The molecule has 0 spiro atoms. The normalized spacial score (nSPS) is 20.0. The quantitative estimate of drug-likeness (QED) is 0.869. The van der Waals surface area contributed by atoms with Gasteiger partial charge in [0.2, 0.25) is 0 Å². The highest BCUT2D eigenvalue weighted by Crippen LogP contribution is 2.21. The van der Waals surface area contributed by atoms with Crippen LogP contribution < -0.4 is 10.2 Å². The fourth-order valence-corrected chi connectivity index (χ4v) is 3.00. The van der Waals surface area contributed by atoms with Gasteiger partial charge < -0.3 is 10.2 Å². The molecule has 2 heterocycles. The maximum Gasteiger partial charge on any atom is 0.128 e. The predicted molar refractivity (Wildman–Crippen MR) is 87.8 cm³/mol. The molecule has 1 aromatic heterocycles. The first-order valence-corrected chi connectivity index (χ1v) is 8.43. The van der Waals surface area contributed by atoms with E-state index in [0.29, 0.717) is 0 Å². The van der Waals surface area contributed by atoms with Crippen LogP contribution in [0.25, 0.3) is 0 Å². The molecule has 1 aliphatic carbocycles. The van der Waals surface area contributed by atoms with Gasteiger partial charge >= 0.3 is 0 Å². The summed E-state index contributed by atoms with van der Waals surface area (Å²) in [7, 11) is 0. The van der Waals surface area contributed by atoms with Crippen LogP contribution in [0.5, 0.6) is 0 Å². The molecule has 0 amide bonds. The third-order valence-corrected chi connectivity index (χ3v) is 4.58. The number of aromatic nitrogens is 1. The van der Waals surface area contributed by atoms with Gasteiger partial charge in [0.15, 0.2) is 0 Å². The summed E-state index contributed by atoms with van der Waals surface area (Å²) < 4.78 is 0. The molecule has 4 heteroatoms.